The molecule has 3 rings (SSSR count). The topological polar surface area (TPSA) is 53.8 Å². The normalized spacial score (nSPS) is 24.6. The Labute approximate surface area is 150 Å². The second-order valence-corrected chi connectivity index (χ2v) is 7.57. The predicted octanol–water partition coefficient (Wildman–Crippen LogP) is 0.762. The molecule has 0 bridgehead atoms. The first-order chi connectivity index (χ1) is 11.9. The molecule has 2 aliphatic heterocycles. The van der Waals surface area contributed by atoms with Crippen LogP contribution in [0, 0.1) is 0 Å². The van der Waals surface area contributed by atoms with Gasteiger partial charge in [-0.05, 0) is 27.9 Å². The van der Waals surface area contributed by atoms with E-state index in [1.807, 2.05) is 23.6 Å². The number of aromatic nitrogens is 2. The highest BCUT2D eigenvalue weighted by Crippen LogP contribution is 2.32. The molecule has 3 heterocycles. The van der Waals surface area contributed by atoms with Gasteiger partial charge in [0.25, 0.3) is 5.91 Å². The molecule has 1 aromatic rings. The van der Waals surface area contributed by atoms with Gasteiger partial charge in [-0.25, -0.2) is 0 Å². The Morgan fingerprint density at radius 2 is 1.92 bits per heavy atom. The highest BCUT2D eigenvalue weighted by atomic mass is 16.5. The fourth-order valence-corrected chi connectivity index (χ4v) is 3.88. The van der Waals surface area contributed by atoms with Crippen LogP contribution in [0.5, 0.6) is 0 Å². The molecule has 2 atom stereocenters. The highest BCUT2D eigenvalue weighted by molar-refractivity contribution is 5.94. The minimum Gasteiger partial charge on any atom is -0.369 e. The molecule has 0 unspecified atom stereocenters. The van der Waals surface area contributed by atoms with Crippen LogP contribution < -0.4 is 0 Å². The van der Waals surface area contributed by atoms with E-state index >= 15 is 0 Å². The first-order valence-corrected chi connectivity index (χ1v) is 9.24. The predicted molar refractivity (Wildman–Crippen MR) is 96.8 cm³/mol. The zero-order valence-electron chi connectivity index (χ0n) is 16.2. The van der Waals surface area contributed by atoms with Crippen molar-refractivity contribution in [3.05, 3.63) is 17.0 Å². The molecule has 25 heavy (non-hydrogen) atoms. The molecular weight excluding hydrogens is 318 g/mol. The van der Waals surface area contributed by atoms with Crippen LogP contribution in [0.4, 0.5) is 0 Å². The van der Waals surface area contributed by atoms with E-state index in [1.165, 1.54) is 0 Å². The van der Waals surface area contributed by atoms with Crippen LogP contribution in [0.15, 0.2) is 0 Å². The fourth-order valence-electron chi connectivity index (χ4n) is 3.88. The van der Waals surface area contributed by atoms with Gasteiger partial charge in [-0.15, -0.1) is 0 Å². The number of likely N-dealkylation sites (N-methyl/N-ethyl adjacent to an activating group) is 1. The van der Waals surface area contributed by atoms with Crippen molar-refractivity contribution < 1.29 is 9.53 Å². The molecule has 1 amide bonds. The number of piperazine rings is 1. The lowest BCUT2D eigenvalue weighted by Gasteiger charge is -2.35. The Hall–Kier alpha value is -1.44. The Balaban J connectivity index is 1.68. The van der Waals surface area contributed by atoms with Crippen LogP contribution in [0.2, 0.25) is 0 Å². The molecule has 0 saturated carbocycles. The molecule has 0 aliphatic carbocycles. The highest BCUT2D eigenvalue weighted by Gasteiger charge is 2.33. The van der Waals surface area contributed by atoms with E-state index in [0.29, 0.717) is 5.69 Å². The molecule has 7 heteroatoms. The van der Waals surface area contributed by atoms with Crippen molar-refractivity contribution in [2.45, 2.75) is 32.5 Å². The maximum Gasteiger partial charge on any atom is 0.274 e. The third-order valence-electron chi connectivity index (χ3n) is 5.23. The Morgan fingerprint density at radius 3 is 2.56 bits per heavy atom. The Kier molecular flexibility index (Phi) is 5.46. The van der Waals surface area contributed by atoms with Crippen molar-refractivity contribution >= 4 is 5.91 Å². The average molecular weight is 349 g/mol. The zero-order chi connectivity index (χ0) is 18.1. The largest absolute Gasteiger partial charge is 0.369 e. The van der Waals surface area contributed by atoms with Gasteiger partial charge in [-0.2, -0.15) is 5.10 Å². The van der Waals surface area contributed by atoms with Crippen molar-refractivity contribution in [1.82, 2.24) is 24.5 Å². The SMILES string of the molecule is C[C@@H]1Cc2c(C(=O)N3CCN(CCN(C)C)CC3)nn(C)c2[C@H](C)O1. The first kappa shape index (κ1) is 18.4. The van der Waals surface area contributed by atoms with Gasteiger partial charge in [0.2, 0.25) is 0 Å². The van der Waals surface area contributed by atoms with Gasteiger partial charge in [0, 0.05) is 58.3 Å². The van der Waals surface area contributed by atoms with Gasteiger partial charge in [0.1, 0.15) is 0 Å². The van der Waals surface area contributed by atoms with E-state index in [9.17, 15) is 4.79 Å². The summed E-state index contributed by atoms with van der Waals surface area (Å²) in [5.41, 5.74) is 2.75. The molecule has 0 radical (unpaired) electrons. The van der Waals surface area contributed by atoms with E-state index < -0.39 is 0 Å². The first-order valence-electron chi connectivity index (χ1n) is 9.24. The molecule has 1 saturated heterocycles. The number of fused-ring (bicyclic) bond motifs is 1. The van der Waals surface area contributed by atoms with E-state index in [0.717, 1.165) is 56.9 Å². The summed E-state index contributed by atoms with van der Waals surface area (Å²) in [5.74, 6) is 0.0745. The lowest BCUT2D eigenvalue weighted by molar-refractivity contribution is -0.00908. The van der Waals surface area contributed by atoms with Crippen LogP contribution >= 0.6 is 0 Å². The smallest absolute Gasteiger partial charge is 0.274 e. The van der Waals surface area contributed by atoms with Crippen LogP contribution in [0.3, 0.4) is 0 Å². The van der Waals surface area contributed by atoms with E-state index in [2.05, 4.69) is 35.9 Å². The number of rotatable bonds is 4. The van der Waals surface area contributed by atoms with E-state index in [-0.39, 0.29) is 18.1 Å². The van der Waals surface area contributed by atoms with Crippen molar-refractivity contribution in [1.29, 1.82) is 0 Å². The van der Waals surface area contributed by atoms with Gasteiger partial charge in [0.15, 0.2) is 5.69 Å². The molecule has 0 spiro atoms. The third kappa shape index (κ3) is 3.88. The van der Waals surface area contributed by atoms with Gasteiger partial charge < -0.3 is 14.5 Å². The number of hydrogen-bond acceptors (Lipinski definition) is 5. The maximum atomic E-state index is 13.1. The maximum absolute atomic E-state index is 13.1. The standard InChI is InChI=1S/C18H31N5O2/c1-13-12-15-16(19-21(5)17(15)14(2)25-13)18(24)23-10-8-22(9-11-23)7-6-20(3)4/h13-14H,6-12H2,1-5H3/t13-,14+/m1/s1. The van der Waals surface area contributed by atoms with Gasteiger partial charge in [0.05, 0.1) is 17.9 Å². The van der Waals surface area contributed by atoms with E-state index in [4.69, 9.17) is 4.74 Å². The summed E-state index contributed by atoms with van der Waals surface area (Å²) in [6.45, 7) is 9.63. The number of aryl methyl sites for hydroxylation is 1. The summed E-state index contributed by atoms with van der Waals surface area (Å²) in [4.78, 5) is 19.6. The third-order valence-corrected chi connectivity index (χ3v) is 5.23. The molecule has 1 aromatic heterocycles. The van der Waals surface area contributed by atoms with E-state index in [1.54, 1.807) is 0 Å². The second-order valence-electron chi connectivity index (χ2n) is 7.57. The summed E-state index contributed by atoms with van der Waals surface area (Å²) in [6, 6.07) is 0. The van der Waals surface area contributed by atoms with Crippen LogP contribution in [0.1, 0.15) is 41.7 Å². The van der Waals surface area contributed by atoms with Crippen LogP contribution in [-0.4, -0.2) is 89.9 Å². The number of carbonyl (C=O) groups is 1. The molecule has 0 N–H and O–H groups in total. The minimum absolute atomic E-state index is 0.0133. The molecule has 0 aromatic carbocycles. The molecule has 7 nitrogen and oxygen atoms in total. The number of amides is 1. The monoisotopic (exact) mass is 349 g/mol. The molecular formula is C18H31N5O2. The summed E-state index contributed by atoms with van der Waals surface area (Å²) in [5, 5.41) is 4.56. The Morgan fingerprint density at radius 1 is 1.24 bits per heavy atom. The summed E-state index contributed by atoms with van der Waals surface area (Å²) < 4.78 is 7.72. The van der Waals surface area contributed by atoms with Crippen molar-refractivity contribution in [2.24, 2.45) is 7.05 Å². The zero-order valence-corrected chi connectivity index (χ0v) is 16.2. The summed E-state index contributed by atoms with van der Waals surface area (Å²) >= 11 is 0. The lowest BCUT2D eigenvalue weighted by Crippen LogP contribution is -2.50. The molecule has 2 aliphatic rings. The second kappa shape index (κ2) is 7.43. The number of nitrogens with zero attached hydrogens (tertiary/aromatic N) is 5. The van der Waals surface area contributed by atoms with Crippen molar-refractivity contribution in [2.75, 3.05) is 53.4 Å². The minimum atomic E-state index is -0.0133. The summed E-state index contributed by atoms with van der Waals surface area (Å²) in [6.07, 6.45) is 0.874. The van der Waals surface area contributed by atoms with Crippen LogP contribution in [-0.2, 0) is 18.2 Å². The van der Waals surface area contributed by atoms with Gasteiger partial charge in [-0.3, -0.25) is 14.4 Å². The fraction of sp³-hybridized carbons (Fsp3) is 0.778. The van der Waals surface area contributed by atoms with Crippen molar-refractivity contribution in [3.63, 3.8) is 0 Å². The summed E-state index contributed by atoms with van der Waals surface area (Å²) in [7, 11) is 6.09. The van der Waals surface area contributed by atoms with Gasteiger partial charge in [-0.1, -0.05) is 0 Å². The molecule has 140 valence electrons. The lowest BCUT2D eigenvalue weighted by atomic mass is 9.99. The number of hydrogen-bond donors (Lipinski definition) is 0. The average Bonchev–Trinajstić information content (AvgIpc) is 2.89. The molecule has 1 fully saturated rings. The van der Waals surface area contributed by atoms with Gasteiger partial charge >= 0.3 is 0 Å². The number of carbonyl (C=O) groups excluding carboxylic acids is 1. The van der Waals surface area contributed by atoms with Crippen LogP contribution in [0.25, 0.3) is 0 Å². The van der Waals surface area contributed by atoms with Crippen molar-refractivity contribution in [3.8, 4) is 0 Å². The number of ether oxygens (including phenoxy) is 1. The quantitative estimate of drug-likeness (QED) is 0.803. The Bertz CT molecular complexity index is 619.